The van der Waals surface area contributed by atoms with Gasteiger partial charge in [-0.25, -0.2) is 0 Å². The van der Waals surface area contributed by atoms with Crippen LogP contribution in [-0.4, -0.2) is 28.5 Å². The van der Waals surface area contributed by atoms with Crippen molar-refractivity contribution in [1.29, 1.82) is 0 Å². The van der Waals surface area contributed by atoms with Crippen molar-refractivity contribution in [2.45, 2.75) is 44.8 Å². The van der Waals surface area contributed by atoms with Gasteiger partial charge in [-0.2, -0.15) is 0 Å². The molecule has 0 aliphatic carbocycles. The topological polar surface area (TPSA) is 42.1 Å². The quantitative estimate of drug-likeness (QED) is 0.908. The van der Waals surface area contributed by atoms with E-state index in [9.17, 15) is 0 Å². The molecule has 2 heterocycles. The maximum absolute atomic E-state index is 6.03. The molecule has 1 fully saturated rings. The third kappa shape index (κ3) is 3.42. The van der Waals surface area contributed by atoms with Gasteiger partial charge in [0.1, 0.15) is 0 Å². The zero-order chi connectivity index (χ0) is 10.7. The molecule has 1 aromatic rings. The Hall–Kier alpha value is -0.160. The number of hydrogen-bond donors (Lipinski definition) is 1. The summed E-state index contributed by atoms with van der Waals surface area (Å²) in [5.74, 6) is 0. The first kappa shape index (κ1) is 13.9. The predicted octanol–water partition coefficient (Wildman–Crippen LogP) is 2.27. The van der Waals surface area contributed by atoms with Crippen molar-refractivity contribution in [3.8, 4) is 0 Å². The predicted molar refractivity (Wildman–Crippen MR) is 71.1 cm³/mol. The molecule has 0 aromatic carbocycles. The molecule has 2 atom stereocenters. The van der Waals surface area contributed by atoms with Crippen LogP contribution >= 0.6 is 23.7 Å². The Morgan fingerprint density at radius 2 is 2.44 bits per heavy atom. The monoisotopic (exact) mass is 261 g/mol. The lowest BCUT2D eigenvalue weighted by molar-refractivity contribution is 0.124. The summed E-state index contributed by atoms with van der Waals surface area (Å²) >= 11 is 1.74. The highest BCUT2D eigenvalue weighted by molar-refractivity contribution is 7.09. The van der Waals surface area contributed by atoms with Crippen LogP contribution in [0.15, 0.2) is 11.7 Å². The zero-order valence-corrected chi connectivity index (χ0v) is 11.3. The highest BCUT2D eigenvalue weighted by Crippen LogP contribution is 2.22. The molecule has 0 radical (unpaired) electrons. The van der Waals surface area contributed by atoms with Crippen LogP contribution in [0.1, 0.15) is 31.1 Å². The number of thiazole rings is 1. The SMILES string of the molecule is CC(N)C1CCCCN1Cc1cncs1.Cl. The molecule has 0 amide bonds. The van der Waals surface area contributed by atoms with E-state index in [0.717, 1.165) is 6.54 Å². The molecular weight excluding hydrogens is 242 g/mol. The van der Waals surface area contributed by atoms with Crippen molar-refractivity contribution in [1.82, 2.24) is 9.88 Å². The van der Waals surface area contributed by atoms with E-state index in [1.165, 1.54) is 30.7 Å². The van der Waals surface area contributed by atoms with Crippen LogP contribution in [-0.2, 0) is 6.54 Å². The molecule has 1 saturated heterocycles. The Labute approximate surface area is 107 Å². The Balaban J connectivity index is 0.00000128. The molecule has 0 spiro atoms. The van der Waals surface area contributed by atoms with Crippen LogP contribution in [0.25, 0.3) is 0 Å². The van der Waals surface area contributed by atoms with Crippen molar-refractivity contribution in [3.63, 3.8) is 0 Å². The Morgan fingerprint density at radius 3 is 3.06 bits per heavy atom. The number of halogens is 1. The molecule has 2 N–H and O–H groups in total. The Morgan fingerprint density at radius 1 is 1.62 bits per heavy atom. The minimum atomic E-state index is 0. The lowest BCUT2D eigenvalue weighted by Gasteiger charge is -2.37. The molecule has 92 valence electrons. The summed E-state index contributed by atoms with van der Waals surface area (Å²) in [6, 6.07) is 0.832. The average Bonchev–Trinajstić information content (AvgIpc) is 2.71. The maximum atomic E-state index is 6.03. The standard InChI is InChI=1S/C11H19N3S.ClH/c1-9(12)11-4-2-3-5-14(11)7-10-6-13-8-15-10;/h6,8-9,11H,2-5,7,12H2,1H3;1H. The number of likely N-dealkylation sites (tertiary alicyclic amines) is 1. The fraction of sp³-hybridized carbons (Fsp3) is 0.727. The molecular formula is C11H20ClN3S. The fourth-order valence-corrected chi connectivity index (χ4v) is 2.95. The molecule has 5 heteroatoms. The summed E-state index contributed by atoms with van der Waals surface area (Å²) in [6.07, 6.45) is 5.85. The first-order chi connectivity index (χ1) is 7.27. The highest BCUT2D eigenvalue weighted by Gasteiger charge is 2.25. The van der Waals surface area contributed by atoms with Crippen LogP contribution in [0.4, 0.5) is 0 Å². The van der Waals surface area contributed by atoms with Crippen molar-refractivity contribution >= 4 is 23.7 Å². The van der Waals surface area contributed by atoms with Gasteiger partial charge in [-0.05, 0) is 26.3 Å². The van der Waals surface area contributed by atoms with Crippen LogP contribution in [0.2, 0.25) is 0 Å². The second-order valence-corrected chi connectivity index (χ2v) is 5.33. The van der Waals surface area contributed by atoms with Gasteiger partial charge in [0.2, 0.25) is 0 Å². The van der Waals surface area contributed by atoms with Crippen molar-refractivity contribution < 1.29 is 0 Å². The molecule has 0 bridgehead atoms. The van der Waals surface area contributed by atoms with E-state index >= 15 is 0 Å². The number of nitrogens with zero attached hydrogens (tertiary/aromatic N) is 2. The summed E-state index contributed by atoms with van der Waals surface area (Å²) in [6.45, 7) is 4.33. The van der Waals surface area contributed by atoms with Gasteiger partial charge >= 0.3 is 0 Å². The zero-order valence-electron chi connectivity index (χ0n) is 9.63. The molecule has 1 aliphatic rings. The number of hydrogen-bond acceptors (Lipinski definition) is 4. The van der Waals surface area contributed by atoms with E-state index < -0.39 is 0 Å². The summed E-state index contributed by atoms with van der Waals surface area (Å²) in [5, 5.41) is 0. The minimum Gasteiger partial charge on any atom is -0.327 e. The summed E-state index contributed by atoms with van der Waals surface area (Å²) < 4.78 is 0. The number of nitrogens with two attached hydrogens (primary N) is 1. The van der Waals surface area contributed by atoms with E-state index in [1.807, 2.05) is 11.7 Å². The Bertz CT molecular complexity index is 289. The summed E-state index contributed by atoms with van der Waals surface area (Å²) in [4.78, 5) is 7.98. The first-order valence-corrected chi connectivity index (χ1v) is 6.52. The smallest absolute Gasteiger partial charge is 0.0794 e. The third-order valence-corrected chi connectivity index (χ3v) is 3.88. The van der Waals surface area contributed by atoms with E-state index in [1.54, 1.807) is 11.3 Å². The molecule has 3 nitrogen and oxygen atoms in total. The van der Waals surface area contributed by atoms with Gasteiger partial charge in [-0.1, -0.05) is 6.42 Å². The number of rotatable bonds is 3. The van der Waals surface area contributed by atoms with Crippen molar-refractivity contribution in [2.75, 3.05) is 6.54 Å². The largest absolute Gasteiger partial charge is 0.327 e. The van der Waals surface area contributed by atoms with Crippen molar-refractivity contribution in [3.05, 3.63) is 16.6 Å². The number of aromatic nitrogens is 1. The lowest BCUT2D eigenvalue weighted by atomic mass is 9.97. The van der Waals surface area contributed by atoms with Gasteiger partial charge in [0, 0.05) is 29.7 Å². The molecule has 1 aromatic heterocycles. The van der Waals surface area contributed by atoms with E-state index in [4.69, 9.17) is 5.73 Å². The molecule has 1 aliphatic heterocycles. The summed E-state index contributed by atoms with van der Waals surface area (Å²) in [5.41, 5.74) is 7.94. The Kier molecular flexibility index (Phi) is 5.69. The van der Waals surface area contributed by atoms with Gasteiger partial charge in [-0.15, -0.1) is 23.7 Å². The van der Waals surface area contributed by atoms with Gasteiger partial charge in [0.15, 0.2) is 0 Å². The minimum absolute atomic E-state index is 0. The van der Waals surface area contributed by atoms with E-state index in [0.29, 0.717) is 6.04 Å². The van der Waals surface area contributed by atoms with Gasteiger partial charge in [-0.3, -0.25) is 9.88 Å². The van der Waals surface area contributed by atoms with Gasteiger partial charge in [0.05, 0.1) is 5.51 Å². The van der Waals surface area contributed by atoms with E-state index in [-0.39, 0.29) is 18.4 Å². The maximum Gasteiger partial charge on any atom is 0.0794 e. The van der Waals surface area contributed by atoms with Gasteiger partial charge < -0.3 is 5.73 Å². The molecule has 2 unspecified atom stereocenters. The second kappa shape index (κ2) is 6.55. The fourth-order valence-electron chi connectivity index (χ4n) is 2.33. The molecule has 2 rings (SSSR count). The first-order valence-electron chi connectivity index (χ1n) is 5.64. The van der Waals surface area contributed by atoms with Crippen LogP contribution in [0.5, 0.6) is 0 Å². The normalized spacial score (nSPS) is 23.8. The van der Waals surface area contributed by atoms with Crippen LogP contribution in [0, 0.1) is 0 Å². The molecule has 0 saturated carbocycles. The highest BCUT2D eigenvalue weighted by atomic mass is 35.5. The second-order valence-electron chi connectivity index (χ2n) is 4.36. The van der Waals surface area contributed by atoms with Gasteiger partial charge in [0.25, 0.3) is 0 Å². The average molecular weight is 262 g/mol. The lowest BCUT2D eigenvalue weighted by Crippen LogP contribution is -2.48. The van der Waals surface area contributed by atoms with Crippen LogP contribution < -0.4 is 5.73 Å². The molecule has 16 heavy (non-hydrogen) atoms. The van der Waals surface area contributed by atoms with Crippen molar-refractivity contribution in [2.24, 2.45) is 5.73 Å². The number of piperidine rings is 1. The summed E-state index contributed by atoms with van der Waals surface area (Å²) in [7, 11) is 0. The van der Waals surface area contributed by atoms with Crippen LogP contribution in [0.3, 0.4) is 0 Å². The van der Waals surface area contributed by atoms with E-state index in [2.05, 4.69) is 16.8 Å². The third-order valence-electron chi connectivity index (χ3n) is 3.11.